The third-order valence-corrected chi connectivity index (χ3v) is 4.64. The van der Waals surface area contributed by atoms with Gasteiger partial charge in [-0.15, -0.1) is 11.3 Å². The fraction of sp³-hybridized carbons (Fsp3) is 0.267. The number of benzene rings is 1. The number of fused-ring (bicyclic) bond motifs is 1. The van der Waals surface area contributed by atoms with Crippen molar-refractivity contribution in [2.24, 2.45) is 5.92 Å². The maximum absolute atomic E-state index is 12.0. The number of amides is 1. The number of rotatable bonds is 4. The van der Waals surface area contributed by atoms with Crippen LogP contribution in [0.5, 0.6) is 5.75 Å². The highest BCUT2D eigenvalue weighted by atomic mass is 32.1. The topological polar surface area (TPSA) is 79.9 Å². The number of nitrogens with zero attached hydrogens (tertiary/aromatic N) is 2. The quantitative estimate of drug-likeness (QED) is 0.776. The van der Waals surface area contributed by atoms with Gasteiger partial charge in [-0.1, -0.05) is 6.07 Å². The Kier molecular flexibility index (Phi) is 3.27. The second-order valence-electron chi connectivity index (χ2n) is 5.32. The number of carbonyl (C=O) groups excluding carboxylic acids is 1. The Labute approximate surface area is 130 Å². The van der Waals surface area contributed by atoms with Gasteiger partial charge in [0.1, 0.15) is 23.2 Å². The summed E-state index contributed by atoms with van der Waals surface area (Å²) in [4.78, 5) is 16.4. The minimum absolute atomic E-state index is 0.0102. The largest absolute Gasteiger partial charge is 0.488 e. The summed E-state index contributed by atoms with van der Waals surface area (Å²) in [6, 6.07) is 7.66. The zero-order chi connectivity index (χ0) is 14.9. The molecule has 6 nitrogen and oxygen atoms in total. The van der Waals surface area contributed by atoms with Crippen LogP contribution in [0.15, 0.2) is 36.0 Å². The van der Waals surface area contributed by atoms with Crippen LogP contribution >= 0.6 is 11.3 Å². The molecule has 2 heterocycles. The van der Waals surface area contributed by atoms with Crippen LogP contribution in [0.1, 0.15) is 12.8 Å². The van der Waals surface area contributed by atoms with Crippen molar-refractivity contribution < 1.29 is 9.53 Å². The molecule has 0 radical (unpaired) electrons. The van der Waals surface area contributed by atoms with Crippen LogP contribution in [0.3, 0.4) is 0 Å². The lowest BCUT2D eigenvalue weighted by molar-refractivity contribution is -0.125. The Morgan fingerprint density at radius 1 is 1.36 bits per heavy atom. The first-order chi connectivity index (χ1) is 10.8. The number of nitrogens with one attached hydrogen (secondary N) is 2. The summed E-state index contributed by atoms with van der Waals surface area (Å²) in [5.41, 5.74) is 2.72. The second kappa shape index (κ2) is 5.42. The minimum atomic E-state index is -0.0112. The fourth-order valence-electron chi connectivity index (χ4n) is 2.57. The van der Waals surface area contributed by atoms with Gasteiger partial charge in [-0.2, -0.15) is 5.10 Å². The van der Waals surface area contributed by atoms with E-state index in [-0.39, 0.29) is 17.9 Å². The van der Waals surface area contributed by atoms with Gasteiger partial charge in [0.05, 0.1) is 16.4 Å². The lowest BCUT2D eigenvalue weighted by Gasteiger charge is -2.34. The number of carbonyl (C=O) groups is 1. The average Bonchev–Trinajstić information content (AvgIpc) is 3.12. The maximum Gasteiger partial charge on any atom is 0.228 e. The SMILES string of the molecule is O=C(Nc1ccn[nH]1)C1CC(Oc2cccc3scnc23)C1. The molecule has 1 fully saturated rings. The first kappa shape index (κ1) is 13.3. The van der Waals surface area contributed by atoms with E-state index in [1.807, 2.05) is 23.7 Å². The van der Waals surface area contributed by atoms with Gasteiger partial charge in [0.15, 0.2) is 0 Å². The molecule has 1 saturated carbocycles. The molecule has 7 heteroatoms. The fourth-order valence-corrected chi connectivity index (χ4v) is 3.27. The van der Waals surface area contributed by atoms with Gasteiger partial charge in [-0.25, -0.2) is 4.98 Å². The zero-order valence-electron chi connectivity index (χ0n) is 11.7. The monoisotopic (exact) mass is 314 g/mol. The summed E-state index contributed by atoms with van der Waals surface area (Å²) in [7, 11) is 0. The van der Waals surface area contributed by atoms with E-state index in [2.05, 4.69) is 20.5 Å². The molecule has 1 aliphatic rings. The Balaban J connectivity index is 1.35. The van der Waals surface area contributed by atoms with Crippen molar-refractivity contribution in [3.05, 3.63) is 36.0 Å². The third-order valence-electron chi connectivity index (χ3n) is 3.84. The molecular formula is C15H14N4O2S. The van der Waals surface area contributed by atoms with Crippen LogP contribution in [0.2, 0.25) is 0 Å². The highest BCUT2D eigenvalue weighted by Crippen LogP contribution is 2.35. The number of aromatic nitrogens is 3. The van der Waals surface area contributed by atoms with Gasteiger partial charge in [0, 0.05) is 12.0 Å². The highest BCUT2D eigenvalue weighted by molar-refractivity contribution is 7.16. The molecule has 0 saturated heterocycles. The molecule has 1 amide bonds. The normalized spacial score (nSPS) is 20.5. The van der Waals surface area contributed by atoms with E-state index in [0.29, 0.717) is 5.82 Å². The summed E-state index contributed by atoms with van der Waals surface area (Å²) in [5.74, 6) is 1.43. The van der Waals surface area contributed by atoms with Crippen molar-refractivity contribution in [3.8, 4) is 5.75 Å². The molecule has 1 aromatic carbocycles. The number of H-pyrrole nitrogens is 1. The number of thiazole rings is 1. The van der Waals surface area contributed by atoms with E-state index >= 15 is 0 Å². The van der Waals surface area contributed by atoms with E-state index in [1.165, 1.54) is 0 Å². The molecule has 0 bridgehead atoms. The molecule has 0 unspecified atom stereocenters. The molecule has 2 N–H and O–H groups in total. The van der Waals surface area contributed by atoms with Crippen LogP contribution in [-0.2, 0) is 4.79 Å². The maximum atomic E-state index is 12.0. The van der Waals surface area contributed by atoms with Gasteiger partial charge >= 0.3 is 0 Å². The van der Waals surface area contributed by atoms with Gasteiger partial charge in [-0.3, -0.25) is 9.89 Å². The summed E-state index contributed by atoms with van der Waals surface area (Å²) in [5, 5.41) is 9.33. The van der Waals surface area contributed by atoms with Crippen molar-refractivity contribution >= 4 is 33.3 Å². The number of anilines is 1. The Morgan fingerprint density at radius 3 is 3.09 bits per heavy atom. The molecule has 3 aromatic rings. The van der Waals surface area contributed by atoms with E-state index in [9.17, 15) is 4.79 Å². The Bertz CT molecular complexity index is 793. The van der Waals surface area contributed by atoms with E-state index in [1.54, 1.807) is 23.6 Å². The summed E-state index contributed by atoms with van der Waals surface area (Å²) in [6.45, 7) is 0. The zero-order valence-corrected chi connectivity index (χ0v) is 12.5. The van der Waals surface area contributed by atoms with Crippen LogP contribution in [0.25, 0.3) is 10.2 Å². The van der Waals surface area contributed by atoms with Gasteiger partial charge in [0.2, 0.25) is 5.91 Å². The number of para-hydroxylation sites is 1. The molecule has 22 heavy (non-hydrogen) atoms. The van der Waals surface area contributed by atoms with E-state index in [4.69, 9.17) is 4.74 Å². The number of hydrogen-bond donors (Lipinski definition) is 2. The number of hydrogen-bond acceptors (Lipinski definition) is 5. The molecule has 4 rings (SSSR count). The second-order valence-corrected chi connectivity index (χ2v) is 6.21. The van der Waals surface area contributed by atoms with Crippen LogP contribution in [0, 0.1) is 5.92 Å². The standard InChI is InChI=1S/C15H14N4O2S/c20-15(18-13-4-5-17-19-13)9-6-10(7-9)21-11-2-1-3-12-14(11)16-8-22-12/h1-5,8-10H,6-7H2,(H2,17,18,19,20). The Morgan fingerprint density at radius 2 is 2.27 bits per heavy atom. The van der Waals surface area contributed by atoms with Crippen molar-refractivity contribution in [3.63, 3.8) is 0 Å². The molecule has 112 valence electrons. The van der Waals surface area contributed by atoms with E-state index < -0.39 is 0 Å². The number of aromatic amines is 1. The minimum Gasteiger partial charge on any atom is -0.488 e. The molecule has 0 spiro atoms. The number of ether oxygens (including phenoxy) is 1. The lowest BCUT2D eigenvalue weighted by atomic mass is 9.81. The van der Waals surface area contributed by atoms with Gasteiger partial charge < -0.3 is 10.1 Å². The van der Waals surface area contributed by atoms with Crippen molar-refractivity contribution in [2.45, 2.75) is 18.9 Å². The first-order valence-electron chi connectivity index (χ1n) is 7.09. The van der Waals surface area contributed by atoms with Gasteiger partial charge in [-0.05, 0) is 25.0 Å². The molecule has 0 atom stereocenters. The summed E-state index contributed by atoms with van der Waals surface area (Å²) < 4.78 is 7.10. The third kappa shape index (κ3) is 2.43. The molecule has 0 aliphatic heterocycles. The molecule has 1 aliphatic carbocycles. The predicted molar refractivity (Wildman–Crippen MR) is 84.0 cm³/mol. The lowest BCUT2D eigenvalue weighted by Crippen LogP contribution is -2.40. The van der Waals surface area contributed by atoms with Crippen molar-refractivity contribution in [1.82, 2.24) is 15.2 Å². The average molecular weight is 314 g/mol. The summed E-state index contributed by atoms with van der Waals surface area (Å²) >= 11 is 1.60. The summed E-state index contributed by atoms with van der Waals surface area (Å²) in [6.07, 6.45) is 3.13. The highest BCUT2D eigenvalue weighted by Gasteiger charge is 2.36. The van der Waals surface area contributed by atoms with Crippen molar-refractivity contribution in [1.29, 1.82) is 0 Å². The van der Waals surface area contributed by atoms with Gasteiger partial charge in [0.25, 0.3) is 0 Å². The predicted octanol–water partition coefficient (Wildman–Crippen LogP) is 2.82. The molecule has 2 aromatic heterocycles. The molecular weight excluding hydrogens is 300 g/mol. The smallest absolute Gasteiger partial charge is 0.228 e. The van der Waals surface area contributed by atoms with Crippen LogP contribution < -0.4 is 10.1 Å². The first-order valence-corrected chi connectivity index (χ1v) is 7.96. The van der Waals surface area contributed by atoms with Crippen molar-refractivity contribution in [2.75, 3.05) is 5.32 Å². The Hall–Kier alpha value is -2.41. The van der Waals surface area contributed by atoms with Crippen LogP contribution in [0.4, 0.5) is 5.82 Å². The van der Waals surface area contributed by atoms with E-state index in [0.717, 1.165) is 28.8 Å². The van der Waals surface area contributed by atoms with Crippen LogP contribution in [-0.4, -0.2) is 27.2 Å².